The Labute approximate surface area is 186 Å². The fourth-order valence-electron chi connectivity index (χ4n) is 3.33. The Kier molecular flexibility index (Phi) is 5.58. The van der Waals surface area contributed by atoms with Crippen LogP contribution >= 0.6 is 11.6 Å². The van der Waals surface area contributed by atoms with E-state index < -0.39 is 26.9 Å². The van der Waals surface area contributed by atoms with Crippen LogP contribution in [0.15, 0.2) is 83.8 Å². The summed E-state index contributed by atoms with van der Waals surface area (Å²) in [5.41, 5.74) is 0.583. The number of aromatic nitrogens is 2. The maximum atomic E-state index is 14.4. The quantitative estimate of drug-likeness (QED) is 0.397. The molecule has 1 aromatic heterocycles. The average Bonchev–Trinajstić information content (AvgIpc) is 3.15. The molecule has 0 fully saturated rings. The lowest BCUT2D eigenvalue weighted by molar-refractivity contribution is 0.0901. The lowest BCUT2D eigenvalue weighted by Gasteiger charge is -2.12. The SMILES string of the molecule is NS(=O)(=O)c1ccc(-c2c(-c3ccc(F)cc3)c(C(F)(F)Cl)nn2-c2ccccc2)cc1. The highest BCUT2D eigenvalue weighted by Gasteiger charge is 2.38. The summed E-state index contributed by atoms with van der Waals surface area (Å²) >= 11 is 5.41. The number of sulfonamides is 1. The van der Waals surface area contributed by atoms with Crippen molar-refractivity contribution in [2.75, 3.05) is 0 Å². The van der Waals surface area contributed by atoms with E-state index in [2.05, 4.69) is 5.10 Å². The molecule has 3 aromatic carbocycles. The van der Waals surface area contributed by atoms with Gasteiger partial charge in [-0.1, -0.05) is 42.5 Å². The van der Waals surface area contributed by atoms with E-state index in [9.17, 15) is 21.6 Å². The zero-order chi connectivity index (χ0) is 23.1. The minimum Gasteiger partial charge on any atom is -0.232 e. The summed E-state index contributed by atoms with van der Waals surface area (Å²) in [6.07, 6.45) is 0. The van der Waals surface area contributed by atoms with E-state index in [0.29, 0.717) is 11.3 Å². The van der Waals surface area contributed by atoms with Gasteiger partial charge in [0.05, 0.1) is 16.3 Å². The molecule has 164 valence electrons. The minimum absolute atomic E-state index is 0.0165. The van der Waals surface area contributed by atoms with E-state index in [1.54, 1.807) is 30.3 Å². The van der Waals surface area contributed by atoms with Gasteiger partial charge in [-0.05, 0) is 53.6 Å². The third-order valence-corrected chi connectivity index (χ3v) is 5.85. The summed E-state index contributed by atoms with van der Waals surface area (Å²) in [4.78, 5) is -0.141. The van der Waals surface area contributed by atoms with E-state index in [0.717, 1.165) is 12.1 Å². The Morgan fingerprint density at radius 1 is 0.875 bits per heavy atom. The Morgan fingerprint density at radius 3 is 1.97 bits per heavy atom. The second kappa shape index (κ2) is 8.09. The summed E-state index contributed by atoms with van der Waals surface area (Å²) < 4.78 is 67.0. The van der Waals surface area contributed by atoms with E-state index in [4.69, 9.17) is 16.7 Å². The van der Waals surface area contributed by atoms with Crippen molar-refractivity contribution < 1.29 is 21.6 Å². The summed E-state index contributed by atoms with van der Waals surface area (Å²) in [5, 5.41) is 5.43. The van der Waals surface area contributed by atoms with Crippen molar-refractivity contribution in [1.29, 1.82) is 0 Å². The molecule has 0 saturated carbocycles. The van der Waals surface area contributed by atoms with Gasteiger partial charge in [0.25, 0.3) is 0 Å². The van der Waals surface area contributed by atoms with Gasteiger partial charge in [0.15, 0.2) is 5.69 Å². The molecule has 0 spiro atoms. The lowest BCUT2D eigenvalue weighted by atomic mass is 9.98. The van der Waals surface area contributed by atoms with Crippen LogP contribution in [0.2, 0.25) is 0 Å². The minimum atomic E-state index is -3.95. The van der Waals surface area contributed by atoms with Gasteiger partial charge in [0, 0.05) is 11.1 Å². The van der Waals surface area contributed by atoms with Crippen LogP contribution in [0.4, 0.5) is 13.2 Å². The highest BCUT2D eigenvalue weighted by atomic mass is 35.5. The number of primary sulfonamides is 1. The van der Waals surface area contributed by atoms with E-state index in [1.807, 2.05) is 0 Å². The third-order valence-electron chi connectivity index (χ3n) is 4.74. The molecule has 0 aliphatic rings. The number of para-hydroxylation sites is 1. The Hall–Kier alpha value is -3.14. The predicted molar refractivity (Wildman–Crippen MR) is 116 cm³/mol. The second-order valence-corrected chi connectivity index (χ2v) is 8.93. The predicted octanol–water partition coefficient (Wildman–Crippen LogP) is 5.28. The fourth-order valence-corrected chi connectivity index (χ4v) is 3.98. The van der Waals surface area contributed by atoms with Gasteiger partial charge in [0.2, 0.25) is 10.0 Å². The van der Waals surface area contributed by atoms with Crippen molar-refractivity contribution in [2.45, 2.75) is 10.3 Å². The molecule has 0 bridgehead atoms. The molecular weight excluding hydrogens is 463 g/mol. The number of halogens is 4. The van der Waals surface area contributed by atoms with Crippen molar-refractivity contribution in [3.8, 4) is 28.1 Å². The molecule has 4 rings (SSSR count). The number of hydrogen-bond acceptors (Lipinski definition) is 3. The van der Waals surface area contributed by atoms with Crippen LogP contribution in [0.1, 0.15) is 5.69 Å². The monoisotopic (exact) mass is 477 g/mol. The molecule has 2 N–H and O–H groups in total. The van der Waals surface area contributed by atoms with Crippen molar-refractivity contribution in [3.63, 3.8) is 0 Å². The largest absolute Gasteiger partial charge is 0.367 e. The Morgan fingerprint density at radius 2 is 1.44 bits per heavy atom. The number of rotatable bonds is 5. The van der Waals surface area contributed by atoms with Gasteiger partial charge in [-0.25, -0.2) is 22.6 Å². The van der Waals surface area contributed by atoms with Gasteiger partial charge < -0.3 is 0 Å². The molecule has 1 heterocycles. The van der Waals surface area contributed by atoms with Crippen LogP contribution in [0, 0.1) is 5.82 Å². The number of nitrogens with zero attached hydrogens (tertiary/aromatic N) is 2. The average molecular weight is 478 g/mol. The summed E-state index contributed by atoms with van der Waals surface area (Å²) in [6, 6.07) is 18.9. The Bertz CT molecular complexity index is 1370. The zero-order valence-corrected chi connectivity index (χ0v) is 17.8. The van der Waals surface area contributed by atoms with E-state index >= 15 is 0 Å². The normalized spacial score (nSPS) is 12.2. The van der Waals surface area contributed by atoms with Crippen molar-refractivity contribution in [3.05, 3.63) is 90.4 Å². The van der Waals surface area contributed by atoms with Crippen LogP contribution in [0.25, 0.3) is 28.1 Å². The molecule has 0 radical (unpaired) electrons. The van der Waals surface area contributed by atoms with Crippen molar-refractivity contribution in [2.24, 2.45) is 5.14 Å². The van der Waals surface area contributed by atoms with Gasteiger partial charge in [-0.15, -0.1) is 0 Å². The van der Waals surface area contributed by atoms with Crippen molar-refractivity contribution in [1.82, 2.24) is 9.78 Å². The van der Waals surface area contributed by atoms with Gasteiger partial charge in [-0.2, -0.15) is 13.9 Å². The first-order valence-electron chi connectivity index (χ1n) is 9.20. The van der Waals surface area contributed by atoms with Gasteiger partial charge >= 0.3 is 5.38 Å². The van der Waals surface area contributed by atoms with Crippen LogP contribution in [-0.2, 0) is 15.4 Å². The van der Waals surface area contributed by atoms with E-state index in [1.165, 1.54) is 41.1 Å². The topological polar surface area (TPSA) is 78.0 Å². The molecule has 0 amide bonds. The molecule has 10 heteroatoms. The summed E-state index contributed by atoms with van der Waals surface area (Å²) in [6.45, 7) is 0. The number of benzene rings is 3. The second-order valence-electron chi connectivity index (χ2n) is 6.89. The van der Waals surface area contributed by atoms with Crippen LogP contribution < -0.4 is 5.14 Å². The van der Waals surface area contributed by atoms with E-state index in [-0.39, 0.29) is 21.7 Å². The Balaban J connectivity index is 2.07. The molecule has 4 aromatic rings. The molecular formula is C22H15ClF3N3O2S. The lowest BCUT2D eigenvalue weighted by Crippen LogP contribution is -2.11. The first-order chi connectivity index (χ1) is 15.1. The molecule has 0 aliphatic carbocycles. The maximum Gasteiger partial charge on any atom is 0.367 e. The molecule has 0 saturated heterocycles. The smallest absolute Gasteiger partial charge is 0.232 e. The number of nitrogens with two attached hydrogens (primary N) is 1. The summed E-state index contributed by atoms with van der Waals surface area (Å²) in [7, 11) is -3.95. The standard InChI is InChI=1S/C22H15ClF3N3O2S/c23-22(25,26)21-19(14-6-10-16(24)11-7-14)20(29(28-21)17-4-2-1-3-5-17)15-8-12-18(13-9-15)32(27,30)31/h1-13H,(H2,27,30,31). The van der Waals surface area contributed by atoms with Gasteiger partial charge in [-0.3, -0.25) is 0 Å². The van der Waals surface area contributed by atoms with Gasteiger partial charge in [0.1, 0.15) is 5.82 Å². The summed E-state index contributed by atoms with van der Waals surface area (Å²) in [5.74, 6) is -0.539. The first kappa shape index (κ1) is 22.1. The third kappa shape index (κ3) is 4.27. The first-order valence-corrected chi connectivity index (χ1v) is 11.1. The fraction of sp³-hybridized carbons (Fsp3) is 0.0455. The van der Waals surface area contributed by atoms with Crippen molar-refractivity contribution >= 4 is 21.6 Å². The number of alkyl halides is 3. The highest BCUT2D eigenvalue weighted by molar-refractivity contribution is 7.89. The van der Waals surface area contributed by atoms with Crippen LogP contribution in [0.5, 0.6) is 0 Å². The molecule has 0 unspecified atom stereocenters. The van der Waals surface area contributed by atoms with Crippen LogP contribution in [0.3, 0.4) is 0 Å². The molecule has 0 atom stereocenters. The number of hydrogen-bond donors (Lipinski definition) is 1. The highest BCUT2D eigenvalue weighted by Crippen LogP contribution is 2.44. The zero-order valence-electron chi connectivity index (χ0n) is 16.2. The molecule has 32 heavy (non-hydrogen) atoms. The maximum absolute atomic E-state index is 14.4. The molecule has 0 aliphatic heterocycles. The van der Waals surface area contributed by atoms with Crippen LogP contribution in [-0.4, -0.2) is 18.2 Å². The molecule has 5 nitrogen and oxygen atoms in total.